The zero-order chi connectivity index (χ0) is 11.1. The highest BCUT2D eigenvalue weighted by atomic mass is 35.5. The molecule has 15 heavy (non-hydrogen) atoms. The van der Waals surface area contributed by atoms with Gasteiger partial charge in [-0.15, -0.1) is 0 Å². The Kier molecular flexibility index (Phi) is 2.93. The van der Waals surface area contributed by atoms with Crippen LogP contribution in [0.4, 0.5) is 4.39 Å². The van der Waals surface area contributed by atoms with Gasteiger partial charge >= 0.3 is 0 Å². The zero-order valence-electron chi connectivity index (χ0n) is 8.41. The fourth-order valence-corrected chi connectivity index (χ4v) is 2.64. The fourth-order valence-electron chi connectivity index (χ4n) is 2.03. The summed E-state index contributed by atoms with van der Waals surface area (Å²) in [6.07, 6.45) is 0.966. The van der Waals surface area contributed by atoms with Gasteiger partial charge in [-0.05, 0) is 30.7 Å². The van der Waals surface area contributed by atoms with Crippen LogP contribution in [0, 0.1) is 5.82 Å². The Hall–Kier alpha value is -0.310. The van der Waals surface area contributed by atoms with Crippen LogP contribution in [0.3, 0.4) is 0 Å². The van der Waals surface area contributed by atoms with Crippen LogP contribution in [0.2, 0.25) is 10.0 Å². The van der Waals surface area contributed by atoms with Gasteiger partial charge in [0.2, 0.25) is 0 Å². The minimum atomic E-state index is -0.399. The van der Waals surface area contributed by atoms with E-state index in [9.17, 15) is 4.39 Å². The minimum absolute atomic E-state index is 0.0808. The second kappa shape index (κ2) is 3.93. The van der Waals surface area contributed by atoms with Crippen molar-refractivity contribution in [2.45, 2.75) is 18.8 Å². The Morgan fingerprint density at radius 3 is 2.67 bits per heavy atom. The Labute approximate surface area is 98.6 Å². The minimum Gasteiger partial charge on any atom is -0.316 e. The van der Waals surface area contributed by atoms with Crippen LogP contribution in [0.1, 0.15) is 18.9 Å². The third kappa shape index (κ3) is 1.99. The van der Waals surface area contributed by atoms with E-state index in [0.29, 0.717) is 5.02 Å². The average Bonchev–Trinajstić information content (AvgIpc) is 2.60. The molecule has 1 aliphatic rings. The topological polar surface area (TPSA) is 12.0 Å². The molecule has 1 aromatic carbocycles. The Morgan fingerprint density at radius 2 is 2.07 bits per heavy atom. The lowest BCUT2D eigenvalue weighted by Crippen LogP contribution is -2.25. The number of hydrogen-bond donors (Lipinski definition) is 1. The number of halogens is 3. The van der Waals surface area contributed by atoms with E-state index in [1.165, 1.54) is 12.1 Å². The molecule has 4 heteroatoms. The number of nitrogens with one attached hydrogen (secondary N) is 1. The van der Waals surface area contributed by atoms with Crippen LogP contribution in [0.5, 0.6) is 0 Å². The van der Waals surface area contributed by atoms with Crippen LogP contribution in [-0.4, -0.2) is 13.1 Å². The first-order valence-corrected chi connectivity index (χ1v) is 5.64. The first kappa shape index (κ1) is 11.2. The van der Waals surface area contributed by atoms with Gasteiger partial charge in [0.25, 0.3) is 0 Å². The maximum Gasteiger partial charge on any atom is 0.142 e. The van der Waals surface area contributed by atoms with Crippen molar-refractivity contribution in [1.82, 2.24) is 5.32 Å². The van der Waals surface area contributed by atoms with Crippen molar-refractivity contribution in [3.05, 3.63) is 33.6 Å². The molecule has 82 valence electrons. The van der Waals surface area contributed by atoms with Gasteiger partial charge in [0, 0.05) is 17.0 Å². The molecule has 0 bridgehead atoms. The third-order valence-corrected chi connectivity index (χ3v) is 3.63. The van der Waals surface area contributed by atoms with E-state index in [0.717, 1.165) is 25.1 Å². The van der Waals surface area contributed by atoms with Crippen molar-refractivity contribution < 1.29 is 4.39 Å². The summed E-state index contributed by atoms with van der Waals surface area (Å²) < 4.78 is 13.4. The lowest BCUT2D eigenvalue weighted by Gasteiger charge is -2.24. The smallest absolute Gasteiger partial charge is 0.142 e. The van der Waals surface area contributed by atoms with Gasteiger partial charge in [-0.25, -0.2) is 4.39 Å². The first-order chi connectivity index (χ1) is 7.03. The van der Waals surface area contributed by atoms with Crippen LogP contribution in [0.15, 0.2) is 12.1 Å². The van der Waals surface area contributed by atoms with Crippen LogP contribution in [-0.2, 0) is 5.41 Å². The summed E-state index contributed by atoms with van der Waals surface area (Å²) in [4.78, 5) is 0. The molecule has 1 saturated heterocycles. The maximum absolute atomic E-state index is 13.4. The van der Waals surface area contributed by atoms with E-state index in [2.05, 4.69) is 12.2 Å². The molecule has 1 atom stereocenters. The quantitative estimate of drug-likeness (QED) is 0.751. The lowest BCUT2D eigenvalue weighted by molar-refractivity contribution is 0.518. The molecule has 0 spiro atoms. The Morgan fingerprint density at radius 1 is 1.33 bits per heavy atom. The average molecular weight is 248 g/mol. The van der Waals surface area contributed by atoms with E-state index in [-0.39, 0.29) is 10.4 Å². The first-order valence-electron chi connectivity index (χ1n) is 4.89. The number of hydrogen-bond acceptors (Lipinski definition) is 1. The molecule has 1 unspecified atom stereocenters. The van der Waals surface area contributed by atoms with Gasteiger partial charge < -0.3 is 5.32 Å². The van der Waals surface area contributed by atoms with Crippen molar-refractivity contribution in [1.29, 1.82) is 0 Å². The molecule has 0 aliphatic carbocycles. The van der Waals surface area contributed by atoms with Gasteiger partial charge in [0.15, 0.2) is 0 Å². The molecule has 0 aromatic heterocycles. The Balaban J connectivity index is 2.48. The predicted molar refractivity (Wildman–Crippen MR) is 61.3 cm³/mol. The maximum atomic E-state index is 13.4. The summed E-state index contributed by atoms with van der Waals surface area (Å²) in [5.74, 6) is -0.399. The van der Waals surface area contributed by atoms with Gasteiger partial charge in [-0.1, -0.05) is 30.1 Å². The van der Waals surface area contributed by atoms with Gasteiger partial charge in [0.1, 0.15) is 5.82 Å². The van der Waals surface area contributed by atoms with Gasteiger partial charge in [0.05, 0.1) is 5.02 Å². The summed E-state index contributed by atoms with van der Waals surface area (Å²) >= 11 is 11.8. The molecular weight excluding hydrogens is 236 g/mol. The molecule has 0 amide bonds. The fraction of sp³-hybridized carbons (Fsp3) is 0.455. The molecule has 1 aromatic rings. The summed E-state index contributed by atoms with van der Waals surface area (Å²) in [6.45, 7) is 3.85. The number of benzene rings is 1. The molecule has 1 aliphatic heterocycles. The van der Waals surface area contributed by atoms with Crippen LogP contribution < -0.4 is 5.32 Å². The summed E-state index contributed by atoms with van der Waals surface area (Å²) in [5, 5.41) is 3.89. The molecule has 1 nitrogen and oxygen atoms in total. The molecule has 1 N–H and O–H groups in total. The Bertz CT molecular complexity index is 386. The van der Waals surface area contributed by atoms with Crippen LogP contribution in [0.25, 0.3) is 0 Å². The SMILES string of the molecule is CC1(c2cc(F)c(Cl)cc2Cl)CCNC1. The molecule has 0 saturated carbocycles. The second-order valence-electron chi connectivity index (χ2n) is 4.23. The lowest BCUT2D eigenvalue weighted by atomic mass is 9.82. The van der Waals surface area contributed by atoms with Crippen LogP contribution >= 0.6 is 23.2 Å². The molecular formula is C11H12Cl2FN. The highest BCUT2D eigenvalue weighted by molar-refractivity contribution is 6.35. The summed E-state index contributed by atoms with van der Waals surface area (Å²) in [7, 11) is 0. The molecule has 0 radical (unpaired) electrons. The van der Waals surface area contributed by atoms with E-state index < -0.39 is 5.82 Å². The van der Waals surface area contributed by atoms with E-state index in [4.69, 9.17) is 23.2 Å². The second-order valence-corrected chi connectivity index (χ2v) is 5.05. The normalized spacial score (nSPS) is 25.9. The van der Waals surface area contributed by atoms with E-state index in [1.807, 2.05) is 0 Å². The van der Waals surface area contributed by atoms with E-state index >= 15 is 0 Å². The highest BCUT2D eigenvalue weighted by Gasteiger charge is 2.32. The summed E-state index contributed by atoms with van der Waals surface area (Å²) in [6, 6.07) is 2.94. The monoisotopic (exact) mass is 247 g/mol. The molecule has 2 rings (SSSR count). The van der Waals surface area contributed by atoms with E-state index in [1.54, 1.807) is 0 Å². The standard InChI is InChI=1S/C11H12Cl2FN/c1-11(2-3-15-6-11)7-4-10(14)9(13)5-8(7)12/h4-5,15H,2-3,6H2,1H3. The summed E-state index contributed by atoms with van der Waals surface area (Å²) in [5.41, 5.74) is 0.763. The van der Waals surface area contributed by atoms with Gasteiger partial charge in [-0.3, -0.25) is 0 Å². The van der Waals surface area contributed by atoms with Crippen molar-refractivity contribution in [3.63, 3.8) is 0 Å². The number of rotatable bonds is 1. The largest absolute Gasteiger partial charge is 0.316 e. The van der Waals surface area contributed by atoms with Crippen molar-refractivity contribution in [2.75, 3.05) is 13.1 Å². The highest BCUT2D eigenvalue weighted by Crippen LogP contribution is 2.37. The predicted octanol–water partition coefficient (Wildman–Crippen LogP) is 3.38. The third-order valence-electron chi connectivity index (χ3n) is 3.03. The molecule has 1 heterocycles. The van der Waals surface area contributed by atoms with Crippen molar-refractivity contribution >= 4 is 23.2 Å². The van der Waals surface area contributed by atoms with Crippen molar-refractivity contribution in [3.8, 4) is 0 Å². The zero-order valence-corrected chi connectivity index (χ0v) is 9.92. The molecule has 1 fully saturated rings. The van der Waals surface area contributed by atoms with Crippen molar-refractivity contribution in [2.24, 2.45) is 0 Å². The van der Waals surface area contributed by atoms with Gasteiger partial charge in [-0.2, -0.15) is 0 Å².